The normalized spacial score (nSPS) is 10.5. The van der Waals surface area contributed by atoms with Gasteiger partial charge in [-0.25, -0.2) is 4.98 Å². The van der Waals surface area contributed by atoms with E-state index in [1.807, 2.05) is 32.2 Å². The van der Waals surface area contributed by atoms with Crippen LogP contribution in [0.4, 0.5) is 5.82 Å². The maximum absolute atomic E-state index is 5.83. The summed E-state index contributed by atoms with van der Waals surface area (Å²) in [5.41, 5.74) is 2.42. The van der Waals surface area contributed by atoms with E-state index in [2.05, 4.69) is 29.1 Å². The third-order valence-corrected chi connectivity index (χ3v) is 3.14. The lowest BCUT2D eigenvalue weighted by Crippen LogP contribution is -2.04. The van der Waals surface area contributed by atoms with Crippen molar-refractivity contribution in [1.29, 1.82) is 0 Å². The van der Waals surface area contributed by atoms with Crippen molar-refractivity contribution in [3.63, 3.8) is 0 Å². The highest BCUT2D eigenvalue weighted by Crippen LogP contribution is 2.24. The van der Waals surface area contributed by atoms with Gasteiger partial charge in [0.2, 0.25) is 5.88 Å². The van der Waals surface area contributed by atoms with Gasteiger partial charge in [0.05, 0.1) is 0 Å². The Hall–Kier alpha value is -2.14. The van der Waals surface area contributed by atoms with Gasteiger partial charge in [-0.2, -0.15) is 4.98 Å². The van der Waals surface area contributed by atoms with Gasteiger partial charge in [0.1, 0.15) is 18.2 Å². The SMILES string of the molecule is CCOCc1nc(NC)cc(Oc2ccc(C)c(C)c2)n1. The summed E-state index contributed by atoms with van der Waals surface area (Å²) in [5.74, 6) is 2.58. The van der Waals surface area contributed by atoms with Crippen LogP contribution >= 0.6 is 0 Å². The smallest absolute Gasteiger partial charge is 0.224 e. The van der Waals surface area contributed by atoms with Gasteiger partial charge < -0.3 is 14.8 Å². The van der Waals surface area contributed by atoms with Crippen LogP contribution < -0.4 is 10.1 Å². The van der Waals surface area contributed by atoms with Crippen LogP contribution in [-0.2, 0) is 11.3 Å². The van der Waals surface area contributed by atoms with Gasteiger partial charge in [0.25, 0.3) is 0 Å². The van der Waals surface area contributed by atoms with E-state index < -0.39 is 0 Å². The van der Waals surface area contributed by atoms with E-state index in [0.29, 0.717) is 30.7 Å². The van der Waals surface area contributed by atoms with E-state index in [0.717, 1.165) is 5.75 Å². The fourth-order valence-electron chi connectivity index (χ4n) is 1.81. The molecule has 0 amide bonds. The minimum atomic E-state index is 0.370. The average molecular weight is 287 g/mol. The molecule has 1 aromatic heterocycles. The Morgan fingerprint density at radius 1 is 1.10 bits per heavy atom. The van der Waals surface area contributed by atoms with Crippen molar-refractivity contribution in [2.45, 2.75) is 27.4 Å². The summed E-state index contributed by atoms with van der Waals surface area (Å²) in [5, 5.41) is 3.00. The summed E-state index contributed by atoms with van der Waals surface area (Å²) in [7, 11) is 1.81. The van der Waals surface area contributed by atoms with Gasteiger partial charge in [-0.15, -0.1) is 0 Å². The molecule has 0 saturated carbocycles. The second-order valence-electron chi connectivity index (χ2n) is 4.74. The molecule has 0 aliphatic heterocycles. The molecule has 0 radical (unpaired) electrons. The molecule has 1 N–H and O–H groups in total. The number of nitrogens with one attached hydrogen (secondary N) is 1. The summed E-state index contributed by atoms with van der Waals surface area (Å²) in [6.45, 7) is 7.06. The van der Waals surface area contributed by atoms with E-state index in [4.69, 9.17) is 9.47 Å². The number of hydrogen-bond acceptors (Lipinski definition) is 5. The standard InChI is InChI=1S/C16H21N3O2/c1-5-20-10-15-18-14(17-4)9-16(19-15)21-13-7-6-11(2)12(3)8-13/h6-9H,5,10H2,1-4H3,(H,17,18,19). The Morgan fingerprint density at radius 2 is 1.90 bits per heavy atom. The lowest BCUT2D eigenvalue weighted by atomic mass is 10.1. The first kappa shape index (κ1) is 15.3. The van der Waals surface area contributed by atoms with Crippen molar-refractivity contribution in [3.8, 4) is 11.6 Å². The van der Waals surface area contributed by atoms with E-state index in [1.54, 1.807) is 6.07 Å². The molecular formula is C16H21N3O2. The Morgan fingerprint density at radius 3 is 2.57 bits per heavy atom. The third kappa shape index (κ3) is 4.16. The molecule has 0 spiro atoms. The molecule has 1 aromatic carbocycles. The summed E-state index contributed by atoms with van der Waals surface area (Å²) >= 11 is 0. The molecule has 1 heterocycles. The highest BCUT2D eigenvalue weighted by atomic mass is 16.5. The molecule has 0 aliphatic carbocycles. The predicted octanol–water partition coefficient (Wildman–Crippen LogP) is 3.46. The second-order valence-corrected chi connectivity index (χ2v) is 4.74. The van der Waals surface area contributed by atoms with Crippen molar-refractivity contribution < 1.29 is 9.47 Å². The van der Waals surface area contributed by atoms with Crippen LogP contribution in [0.3, 0.4) is 0 Å². The van der Waals surface area contributed by atoms with Crippen LogP contribution in [0.5, 0.6) is 11.6 Å². The number of aryl methyl sites for hydroxylation is 2. The van der Waals surface area contributed by atoms with Crippen molar-refractivity contribution in [3.05, 3.63) is 41.2 Å². The van der Waals surface area contributed by atoms with Crippen LogP contribution in [-0.4, -0.2) is 23.6 Å². The van der Waals surface area contributed by atoms with Gasteiger partial charge in [-0.3, -0.25) is 0 Å². The summed E-state index contributed by atoms with van der Waals surface area (Å²) < 4.78 is 11.2. The first-order valence-corrected chi connectivity index (χ1v) is 7.01. The maximum atomic E-state index is 5.83. The van der Waals surface area contributed by atoms with Crippen molar-refractivity contribution in [1.82, 2.24) is 9.97 Å². The fourth-order valence-corrected chi connectivity index (χ4v) is 1.81. The first-order chi connectivity index (χ1) is 10.1. The summed E-state index contributed by atoms with van der Waals surface area (Å²) in [6, 6.07) is 7.74. The molecule has 0 aliphatic rings. The number of rotatable bonds is 6. The quantitative estimate of drug-likeness (QED) is 0.881. The molecule has 0 fully saturated rings. The van der Waals surface area contributed by atoms with Gasteiger partial charge >= 0.3 is 0 Å². The maximum Gasteiger partial charge on any atom is 0.224 e. The zero-order valence-corrected chi connectivity index (χ0v) is 12.9. The van der Waals surface area contributed by atoms with Gasteiger partial charge in [0, 0.05) is 19.7 Å². The van der Waals surface area contributed by atoms with E-state index in [9.17, 15) is 0 Å². The minimum Gasteiger partial charge on any atom is -0.439 e. The zero-order valence-electron chi connectivity index (χ0n) is 12.9. The largest absolute Gasteiger partial charge is 0.439 e. The monoisotopic (exact) mass is 287 g/mol. The average Bonchev–Trinajstić information content (AvgIpc) is 2.48. The Kier molecular flexibility index (Phi) is 5.11. The molecule has 0 atom stereocenters. The summed E-state index contributed by atoms with van der Waals surface area (Å²) in [4.78, 5) is 8.70. The molecule has 2 rings (SSSR count). The van der Waals surface area contributed by atoms with E-state index >= 15 is 0 Å². The molecule has 2 aromatic rings. The van der Waals surface area contributed by atoms with Crippen molar-refractivity contribution >= 4 is 5.82 Å². The van der Waals surface area contributed by atoms with Gasteiger partial charge in [-0.1, -0.05) is 6.07 Å². The number of ether oxygens (including phenoxy) is 2. The molecule has 0 bridgehead atoms. The third-order valence-electron chi connectivity index (χ3n) is 3.14. The van der Waals surface area contributed by atoms with Gasteiger partial charge in [0.15, 0.2) is 5.82 Å². The minimum absolute atomic E-state index is 0.370. The Balaban J connectivity index is 2.23. The second kappa shape index (κ2) is 7.04. The Labute approximate surface area is 125 Å². The Bertz CT molecular complexity index is 614. The number of benzene rings is 1. The van der Waals surface area contributed by atoms with E-state index in [1.165, 1.54) is 11.1 Å². The molecule has 5 nitrogen and oxygen atoms in total. The fraction of sp³-hybridized carbons (Fsp3) is 0.375. The van der Waals surface area contributed by atoms with Crippen LogP contribution in [0.25, 0.3) is 0 Å². The van der Waals surface area contributed by atoms with E-state index in [-0.39, 0.29) is 0 Å². The van der Waals surface area contributed by atoms with Crippen molar-refractivity contribution in [2.75, 3.05) is 19.0 Å². The number of nitrogens with zero attached hydrogens (tertiary/aromatic N) is 2. The van der Waals surface area contributed by atoms with Crippen LogP contribution in [0.2, 0.25) is 0 Å². The number of hydrogen-bond donors (Lipinski definition) is 1. The lowest BCUT2D eigenvalue weighted by Gasteiger charge is -2.10. The van der Waals surface area contributed by atoms with Crippen LogP contribution in [0.1, 0.15) is 23.9 Å². The lowest BCUT2D eigenvalue weighted by molar-refractivity contribution is 0.128. The highest BCUT2D eigenvalue weighted by molar-refractivity contribution is 5.41. The van der Waals surface area contributed by atoms with Crippen LogP contribution in [0, 0.1) is 13.8 Å². The first-order valence-electron chi connectivity index (χ1n) is 7.01. The zero-order chi connectivity index (χ0) is 15.2. The molecular weight excluding hydrogens is 266 g/mol. The molecule has 21 heavy (non-hydrogen) atoms. The molecule has 5 heteroatoms. The molecule has 0 saturated heterocycles. The van der Waals surface area contributed by atoms with Crippen LogP contribution in [0.15, 0.2) is 24.3 Å². The predicted molar refractivity (Wildman–Crippen MR) is 82.9 cm³/mol. The topological polar surface area (TPSA) is 56.3 Å². The molecule has 0 unspecified atom stereocenters. The highest BCUT2D eigenvalue weighted by Gasteiger charge is 2.07. The van der Waals surface area contributed by atoms with Gasteiger partial charge in [-0.05, 0) is 44.0 Å². The number of anilines is 1. The molecule has 112 valence electrons. The number of aromatic nitrogens is 2. The van der Waals surface area contributed by atoms with Crippen molar-refractivity contribution in [2.24, 2.45) is 0 Å². The summed E-state index contributed by atoms with van der Waals surface area (Å²) in [6.07, 6.45) is 0.